The summed E-state index contributed by atoms with van der Waals surface area (Å²) < 4.78 is 37.3. The van der Waals surface area contributed by atoms with Crippen LogP contribution < -0.4 is 5.32 Å². The van der Waals surface area contributed by atoms with Crippen LogP contribution in [0.4, 0.5) is 13.2 Å². The predicted octanol–water partition coefficient (Wildman–Crippen LogP) is 2.36. The monoisotopic (exact) mass is 270 g/mol. The maximum atomic E-state index is 12.4. The van der Waals surface area contributed by atoms with Gasteiger partial charge < -0.3 is 5.32 Å². The lowest BCUT2D eigenvalue weighted by molar-refractivity contribution is -0.137. The maximum Gasteiger partial charge on any atom is 0.416 e. The number of likely N-dealkylation sites (tertiary alicyclic amines) is 1. The molecule has 2 heterocycles. The summed E-state index contributed by atoms with van der Waals surface area (Å²) in [6.45, 7) is 5.16. The van der Waals surface area contributed by atoms with Gasteiger partial charge in [-0.25, -0.2) is 0 Å². The highest BCUT2D eigenvalue weighted by molar-refractivity contribution is 5.24. The fourth-order valence-corrected chi connectivity index (χ4v) is 2.74. The van der Waals surface area contributed by atoms with Crippen molar-refractivity contribution >= 4 is 0 Å². The largest absolute Gasteiger partial charge is 0.416 e. The van der Waals surface area contributed by atoms with E-state index in [-0.39, 0.29) is 0 Å². The summed E-state index contributed by atoms with van der Waals surface area (Å²) in [4.78, 5) is 2.30. The summed E-state index contributed by atoms with van der Waals surface area (Å²) in [7, 11) is 0. The van der Waals surface area contributed by atoms with Gasteiger partial charge in [-0.2, -0.15) is 13.2 Å². The molecule has 0 atom stereocenters. The van der Waals surface area contributed by atoms with E-state index < -0.39 is 11.7 Å². The fraction of sp³-hybridized carbons (Fsp3) is 0.571. The molecule has 2 aliphatic heterocycles. The third-order valence-corrected chi connectivity index (χ3v) is 4.15. The molecule has 0 spiro atoms. The second-order valence-electron chi connectivity index (χ2n) is 5.57. The Hall–Kier alpha value is -1.07. The van der Waals surface area contributed by atoms with Crippen LogP contribution in [0, 0.1) is 11.8 Å². The van der Waals surface area contributed by atoms with Crippen LogP contribution >= 0.6 is 0 Å². The van der Waals surface area contributed by atoms with E-state index in [1.807, 2.05) is 0 Å². The number of hydrogen-bond donors (Lipinski definition) is 1. The Morgan fingerprint density at radius 3 is 2.16 bits per heavy atom. The van der Waals surface area contributed by atoms with Crippen LogP contribution in [-0.4, -0.2) is 31.1 Å². The van der Waals surface area contributed by atoms with E-state index in [1.54, 1.807) is 12.1 Å². The van der Waals surface area contributed by atoms with Crippen molar-refractivity contribution in [2.75, 3.05) is 26.2 Å². The van der Waals surface area contributed by atoms with Crippen molar-refractivity contribution in [3.63, 3.8) is 0 Å². The third kappa shape index (κ3) is 2.77. The highest BCUT2D eigenvalue weighted by Crippen LogP contribution is 2.30. The van der Waals surface area contributed by atoms with Crippen LogP contribution in [0.1, 0.15) is 11.1 Å². The molecular weight excluding hydrogens is 253 g/mol. The van der Waals surface area contributed by atoms with Crippen LogP contribution in [0.25, 0.3) is 0 Å². The van der Waals surface area contributed by atoms with Crippen LogP contribution in [0.2, 0.25) is 0 Å². The summed E-state index contributed by atoms with van der Waals surface area (Å²) in [5.41, 5.74) is 0.386. The van der Waals surface area contributed by atoms with Crippen molar-refractivity contribution in [2.24, 2.45) is 11.8 Å². The van der Waals surface area contributed by atoms with Crippen molar-refractivity contribution in [3.05, 3.63) is 35.4 Å². The quantitative estimate of drug-likeness (QED) is 0.907. The molecule has 104 valence electrons. The van der Waals surface area contributed by atoms with Crippen LogP contribution in [-0.2, 0) is 12.7 Å². The van der Waals surface area contributed by atoms with Crippen LogP contribution in [0.3, 0.4) is 0 Å². The third-order valence-electron chi connectivity index (χ3n) is 4.15. The molecule has 2 saturated heterocycles. The van der Waals surface area contributed by atoms with E-state index in [0.29, 0.717) is 0 Å². The van der Waals surface area contributed by atoms with Gasteiger partial charge in [0.25, 0.3) is 0 Å². The molecule has 0 aliphatic carbocycles. The number of hydrogen-bond acceptors (Lipinski definition) is 2. The van der Waals surface area contributed by atoms with Gasteiger partial charge in [0, 0.05) is 19.6 Å². The first-order valence-corrected chi connectivity index (χ1v) is 6.61. The Balaban J connectivity index is 1.51. The van der Waals surface area contributed by atoms with E-state index >= 15 is 0 Å². The van der Waals surface area contributed by atoms with E-state index in [1.165, 1.54) is 12.1 Å². The molecule has 0 bridgehead atoms. The number of halogens is 3. The van der Waals surface area contributed by atoms with Gasteiger partial charge in [0.15, 0.2) is 0 Å². The van der Waals surface area contributed by atoms with Crippen molar-refractivity contribution in [1.82, 2.24) is 10.2 Å². The highest BCUT2D eigenvalue weighted by atomic mass is 19.4. The van der Waals surface area contributed by atoms with Crippen molar-refractivity contribution in [3.8, 4) is 0 Å². The zero-order chi connectivity index (χ0) is 13.5. The summed E-state index contributed by atoms with van der Waals surface area (Å²) in [5.74, 6) is 1.58. The second kappa shape index (κ2) is 4.80. The summed E-state index contributed by atoms with van der Waals surface area (Å²) >= 11 is 0. The zero-order valence-electron chi connectivity index (χ0n) is 10.6. The first kappa shape index (κ1) is 12.9. The number of benzene rings is 1. The van der Waals surface area contributed by atoms with Gasteiger partial charge in [-0.1, -0.05) is 12.1 Å². The average molecular weight is 270 g/mol. The Kier molecular flexibility index (Phi) is 3.27. The van der Waals surface area contributed by atoms with Crippen LogP contribution in [0.15, 0.2) is 24.3 Å². The first-order valence-electron chi connectivity index (χ1n) is 6.61. The Labute approximate surface area is 110 Å². The molecule has 2 nitrogen and oxygen atoms in total. The van der Waals surface area contributed by atoms with E-state index in [0.717, 1.165) is 50.1 Å². The van der Waals surface area contributed by atoms with Gasteiger partial charge in [-0.15, -0.1) is 0 Å². The number of alkyl halides is 3. The molecule has 2 fully saturated rings. The number of nitrogens with one attached hydrogen (secondary N) is 1. The predicted molar refractivity (Wildman–Crippen MR) is 66.6 cm³/mol. The van der Waals surface area contributed by atoms with Gasteiger partial charge in [-0.05, 0) is 42.6 Å². The lowest BCUT2D eigenvalue weighted by atomic mass is 9.82. The minimum atomic E-state index is -4.24. The molecule has 0 amide bonds. The second-order valence-corrected chi connectivity index (χ2v) is 5.57. The van der Waals surface area contributed by atoms with E-state index in [9.17, 15) is 13.2 Å². The summed E-state index contributed by atoms with van der Waals surface area (Å²) in [6.07, 6.45) is -4.24. The normalized spacial score (nSPS) is 22.1. The Morgan fingerprint density at radius 1 is 1.05 bits per heavy atom. The fourth-order valence-electron chi connectivity index (χ4n) is 2.74. The van der Waals surface area contributed by atoms with Gasteiger partial charge in [0.05, 0.1) is 5.56 Å². The minimum absolute atomic E-state index is 0.571. The summed E-state index contributed by atoms with van der Waals surface area (Å²) in [6, 6.07) is 5.51. The molecule has 0 saturated carbocycles. The lowest BCUT2D eigenvalue weighted by Gasteiger charge is -2.47. The van der Waals surface area contributed by atoms with Crippen LogP contribution in [0.5, 0.6) is 0 Å². The molecule has 0 unspecified atom stereocenters. The van der Waals surface area contributed by atoms with Gasteiger partial charge in [0.2, 0.25) is 0 Å². The molecule has 1 aromatic carbocycles. The number of nitrogens with zero attached hydrogens (tertiary/aromatic N) is 1. The lowest BCUT2D eigenvalue weighted by Crippen LogP contribution is -2.57. The molecule has 1 aromatic rings. The maximum absolute atomic E-state index is 12.4. The first-order chi connectivity index (χ1) is 9.02. The van der Waals surface area contributed by atoms with Crippen molar-refractivity contribution < 1.29 is 13.2 Å². The smallest absolute Gasteiger partial charge is 0.316 e. The van der Waals surface area contributed by atoms with Crippen molar-refractivity contribution in [1.29, 1.82) is 0 Å². The topological polar surface area (TPSA) is 15.3 Å². The molecule has 0 radical (unpaired) electrons. The molecule has 1 N–H and O–H groups in total. The molecule has 19 heavy (non-hydrogen) atoms. The molecular formula is C14H17F3N2. The molecule has 0 aromatic heterocycles. The van der Waals surface area contributed by atoms with Crippen molar-refractivity contribution in [2.45, 2.75) is 12.7 Å². The average Bonchev–Trinajstić information content (AvgIpc) is 2.23. The van der Waals surface area contributed by atoms with Gasteiger partial charge in [0.1, 0.15) is 0 Å². The van der Waals surface area contributed by atoms with E-state index in [2.05, 4.69) is 10.2 Å². The molecule has 3 rings (SSSR count). The van der Waals surface area contributed by atoms with Gasteiger partial charge >= 0.3 is 6.18 Å². The van der Waals surface area contributed by atoms with Gasteiger partial charge in [-0.3, -0.25) is 4.90 Å². The standard InChI is InChI=1S/C14H17F3N2/c15-14(16,17)13-3-1-10(2-4-13)7-19-8-12(9-19)11-5-18-6-11/h1-4,11-12,18H,5-9H2. The molecule has 5 heteroatoms. The van der Waals surface area contributed by atoms with E-state index in [4.69, 9.17) is 0 Å². The highest BCUT2D eigenvalue weighted by Gasteiger charge is 2.36. The minimum Gasteiger partial charge on any atom is -0.316 e. The SMILES string of the molecule is FC(F)(F)c1ccc(CN2CC(C3CNC3)C2)cc1. The number of rotatable bonds is 3. The summed E-state index contributed by atoms with van der Waals surface area (Å²) in [5, 5.41) is 3.27. The zero-order valence-corrected chi connectivity index (χ0v) is 10.6. The molecule has 2 aliphatic rings. The Bertz CT molecular complexity index is 431. The Morgan fingerprint density at radius 2 is 1.68 bits per heavy atom.